The number of rotatable bonds is 8. The maximum absolute atomic E-state index is 11.8. The summed E-state index contributed by atoms with van der Waals surface area (Å²) in [6.45, 7) is 2.64. The minimum Gasteiger partial charge on any atom is -0.497 e. The lowest BCUT2D eigenvalue weighted by atomic mass is 10.3. The molecule has 25 heavy (non-hydrogen) atoms. The van der Waals surface area contributed by atoms with Gasteiger partial charge in [-0.25, -0.2) is 0 Å². The highest BCUT2D eigenvalue weighted by Gasteiger charge is 2.26. The lowest BCUT2D eigenvalue weighted by Gasteiger charge is -2.15. The number of hydrogen-bond donors (Lipinski definition) is 1. The molecule has 2 heterocycles. The molecular formula is C16H21N5O3S. The maximum atomic E-state index is 11.8. The third-order valence-electron chi connectivity index (χ3n) is 3.83. The van der Waals surface area contributed by atoms with E-state index in [1.54, 1.807) is 14.2 Å². The van der Waals surface area contributed by atoms with E-state index >= 15 is 0 Å². The van der Waals surface area contributed by atoms with Crippen LogP contribution in [0.25, 0.3) is 0 Å². The number of benzene rings is 1. The molecule has 1 N–H and O–H groups in total. The fourth-order valence-corrected chi connectivity index (χ4v) is 3.35. The van der Waals surface area contributed by atoms with Crippen LogP contribution in [0.5, 0.6) is 5.75 Å². The molecule has 0 fully saturated rings. The lowest BCUT2D eigenvalue weighted by molar-refractivity contribution is -0.118. The Labute approximate surface area is 150 Å². The number of hydrogen-bond acceptors (Lipinski definition) is 7. The number of amides is 1. The molecule has 3 rings (SSSR count). The largest absolute Gasteiger partial charge is 0.497 e. The average molecular weight is 363 g/mol. The molecule has 0 aliphatic carbocycles. The number of fused-ring (bicyclic) bond motifs is 1. The standard InChI is InChI=1S/C16H21N5O3S/c1-23-10-7-17-14(22)11-25-16-19-18-15-20(8-9-21(15)16)12-3-5-13(24-2)6-4-12/h3-6H,7-11H2,1-2H3,(H,17,22). The van der Waals surface area contributed by atoms with Crippen molar-refractivity contribution in [3.05, 3.63) is 24.3 Å². The summed E-state index contributed by atoms with van der Waals surface area (Å²) >= 11 is 1.39. The Morgan fingerprint density at radius 1 is 1.24 bits per heavy atom. The van der Waals surface area contributed by atoms with Gasteiger partial charge in [-0.3, -0.25) is 9.36 Å². The predicted molar refractivity (Wildman–Crippen MR) is 95.6 cm³/mol. The fourth-order valence-electron chi connectivity index (χ4n) is 2.56. The Hall–Kier alpha value is -2.26. The van der Waals surface area contributed by atoms with Crippen LogP contribution in [-0.4, -0.2) is 60.3 Å². The summed E-state index contributed by atoms with van der Waals surface area (Å²) in [5.41, 5.74) is 1.04. The van der Waals surface area contributed by atoms with Crippen molar-refractivity contribution in [2.75, 3.05) is 44.6 Å². The van der Waals surface area contributed by atoms with Gasteiger partial charge in [0.2, 0.25) is 11.9 Å². The normalized spacial score (nSPS) is 13.0. The molecule has 0 saturated carbocycles. The van der Waals surface area contributed by atoms with E-state index in [9.17, 15) is 4.79 Å². The molecule has 0 saturated heterocycles. The van der Waals surface area contributed by atoms with Gasteiger partial charge in [0.25, 0.3) is 0 Å². The summed E-state index contributed by atoms with van der Waals surface area (Å²) in [7, 11) is 3.26. The van der Waals surface area contributed by atoms with Crippen LogP contribution in [0.15, 0.2) is 29.4 Å². The van der Waals surface area contributed by atoms with Crippen molar-refractivity contribution in [3.63, 3.8) is 0 Å². The molecule has 0 unspecified atom stereocenters. The van der Waals surface area contributed by atoms with Crippen LogP contribution in [-0.2, 0) is 16.1 Å². The number of anilines is 2. The lowest BCUT2D eigenvalue weighted by Crippen LogP contribution is -2.28. The SMILES string of the molecule is COCCNC(=O)CSc1nnc2n1CCN2c1ccc(OC)cc1. The number of carbonyl (C=O) groups is 1. The highest BCUT2D eigenvalue weighted by Crippen LogP contribution is 2.32. The van der Waals surface area contributed by atoms with Gasteiger partial charge in [-0.15, -0.1) is 10.2 Å². The van der Waals surface area contributed by atoms with Crippen molar-refractivity contribution in [3.8, 4) is 5.75 Å². The van der Waals surface area contributed by atoms with E-state index in [0.29, 0.717) is 18.9 Å². The van der Waals surface area contributed by atoms with Crippen LogP contribution in [0.4, 0.5) is 11.6 Å². The van der Waals surface area contributed by atoms with E-state index < -0.39 is 0 Å². The highest BCUT2D eigenvalue weighted by molar-refractivity contribution is 7.99. The molecule has 0 spiro atoms. The van der Waals surface area contributed by atoms with E-state index in [0.717, 1.165) is 35.6 Å². The van der Waals surface area contributed by atoms with Crippen LogP contribution >= 0.6 is 11.8 Å². The first-order chi connectivity index (χ1) is 12.2. The van der Waals surface area contributed by atoms with Gasteiger partial charge >= 0.3 is 0 Å². The minimum absolute atomic E-state index is 0.0376. The first kappa shape index (κ1) is 17.6. The second-order valence-corrected chi connectivity index (χ2v) is 6.36. The zero-order chi connectivity index (χ0) is 17.6. The zero-order valence-electron chi connectivity index (χ0n) is 14.3. The first-order valence-corrected chi connectivity index (χ1v) is 8.94. The van der Waals surface area contributed by atoms with Gasteiger partial charge in [-0.2, -0.15) is 0 Å². The number of methoxy groups -OCH3 is 2. The van der Waals surface area contributed by atoms with Crippen molar-refractivity contribution < 1.29 is 14.3 Å². The Kier molecular flexibility index (Phi) is 5.77. The second kappa shape index (κ2) is 8.21. The van der Waals surface area contributed by atoms with Gasteiger partial charge in [-0.1, -0.05) is 11.8 Å². The van der Waals surface area contributed by atoms with E-state index in [4.69, 9.17) is 9.47 Å². The summed E-state index contributed by atoms with van der Waals surface area (Å²) < 4.78 is 12.1. The first-order valence-electron chi connectivity index (χ1n) is 7.96. The van der Waals surface area contributed by atoms with Gasteiger partial charge in [0.15, 0.2) is 5.16 Å². The van der Waals surface area contributed by atoms with E-state index in [2.05, 4.69) is 20.4 Å². The smallest absolute Gasteiger partial charge is 0.232 e. The van der Waals surface area contributed by atoms with Gasteiger partial charge in [0.05, 0.1) is 19.5 Å². The van der Waals surface area contributed by atoms with Crippen LogP contribution in [0, 0.1) is 0 Å². The zero-order valence-corrected chi connectivity index (χ0v) is 15.1. The van der Waals surface area contributed by atoms with Gasteiger partial charge in [0.1, 0.15) is 5.75 Å². The Morgan fingerprint density at radius 3 is 2.76 bits per heavy atom. The van der Waals surface area contributed by atoms with E-state index in [1.807, 2.05) is 28.8 Å². The van der Waals surface area contributed by atoms with Crippen molar-refractivity contribution in [2.45, 2.75) is 11.7 Å². The maximum Gasteiger partial charge on any atom is 0.232 e. The van der Waals surface area contributed by atoms with Gasteiger partial charge in [0, 0.05) is 32.4 Å². The number of ether oxygens (including phenoxy) is 2. The van der Waals surface area contributed by atoms with Gasteiger partial charge in [-0.05, 0) is 24.3 Å². The number of thioether (sulfide) groups is 1. The fraction of sp³-hybridized carbons (Fsp3) is 0.438. The summed E-state index contributed by atoms with van der Waals surface area (Å²) in [5.74, 6) is 1.89. The molecule has 1 aliphatic heterocycles. The van der Waals surface area contributed by atoms with E-state index in [-0.39, 0.29) is 5.91 Å². The molecule has 8 nitrogen and oxygen atoms in total. The van der Waals surface area contributed by atoms with Gasteiger partial charge < -0.3 is 19.7 Å². The number of nitrogens with zero attached hydrogens (tertiary/aromatic N) is 4. The molecule has 9 heteroatoms. The summed E-state index contributed by atoms with van der Waals surface area (Å²) in [6.07, 6.45) is 0. The molecule has 1 aliphatic rings. The quantitative estimate of drug-likeness (QED) is 0.559. The van der Waals surface area contributed by atoms with Crippen molar-refractivity contribution in [1.29, 1.82) is 0 Å². The highest BCUT2D eigenvalue weighted by atomic mass is 32.2. The second-order valence-electron chi connectivity index (χ2n) is 5.42. The Balaban J connectivity index is 1.62. The van der Waals surface area contributed by atoms with Crippen molar-refractivity contribution in [2.24, 2.45) is 0 Å². The van der Waals surface area contributed by atoms with Crippen LogP contribution in [0.3, 0.4) is 0 Å². The minimum atomic E-state index is -0.0376. The van der Waals surface area contributed by atoms with Crippen LogP contribution in [0.2, 0.25) is 0 Å². The summed E-state index contributed by atoms with van der Waals surface area (Å²) in [5, 5.41) is 12.1. The van der Waals surface area contributed by atoms with Crippen molar-refractivity contribution in [1.82, 2.24) is 20.1 Å². The summed E-state index contributed by atoms with van der Waals surface area (Å²) in [6, 6.07) is 7.85. The molecule has 1 aromatic heterocycles. The monoisotopic (exact) mass is 363 g/mol. The summed E-state index contributed by atoms with van der Waals surface area (Å²) in [4.78, 5) is 13.9. The molecule has 0 atom stereocenters. The molecule has 2 aromatic rings. The van der Waals surface area contributed by atoms with E-state index in [1.165, 1.54) is 11.8 Å². The molecule has 1 amide bonds. The molecular weight excluding hydrogens is 342 g/mol. The number of carbonyl (C=O) groups excluding carboxylic acids is 1. The number of nitrogens with one attached hydrogen (secondary N) is 1. The molecule has 134 valence electrons. The third-order valence-corrected chi connectivity index (χ3v) is 4.80. The number of aromatic nitrogens is 3. The Bertz CT molecular complexity index is 719. The Morgan fingerprint density at radius 2 is 2.04 bits per heavy atom. The predicted octanol–water partition coefficient (Wildman–Crippen LogP) is 1.29. The molecule has 1 aromatic carbocycles. The topological polar surface area (TPSA) is 81.5 Å². The average Bonchev–Trinajstić information content (AvgIpc) is 3.22. The van der Waals surface area contributed by atoms with Crippen LogP contribution < -0.4 is 15.0 Å². The molecule has 0 radical (unpaired) electrons. The molecule has 0 bridgehead atoms. The van der Waals surface area contributed by atoms with Crippen LogP contribution in [0.1, 0.15) is 0 Å². The third kappa shape index (κ3) is 4.05. The van der Waals surface area contributed by atoms with Crippen molar-refractivity contribution >= 4 is 29.3 Å².